The topological polar surface area (TPSA) is 22.4 Å². The fraction of sp³-hybridized carbons (Fsp3) is 0.333. The average Bonchev–Trinajstić information content (AvgIpc) is 2.72. The first-order valence-electron chi connectivity index (χ1n) is 6.26. The molecule has 0 saturated carbocycles. The molecule has 0 N–H and O–H groups in total. The summed E-state index contributed by atoms with van der Waals surface area (Å²) in [5.74, 6) is 2.16. The maximum atomic E-state index is 6.51. The van der Waals surface area contributed by atoms with Crippen LogP contribution in [-0.4, -0.2) is 6.61 Å². The summed E-state index contributed by atoms with van der Waals surface area (Å²) < 4.78 is 10.9. The molecule has 0 spiro atoms. The van der Waals surface area contributed by atoms with Crippen LogP contribution in [0, 0.1) is 13.8 Å². The third-order valence-electron chi connectivity index (χ3n) is 2.98. The van der Waals surface area contributed by atoms with Crippen LogP contribution in [0.4, 0.5) is 0 Å². The smallest absolute Gasteiger partial charge is 0.139 e. The number of furan rings is 1. The van der Waals surface area contributed by atoms with E-state index in [4.69, 9.17) is 44.0 Å². The zero-order valence-corrected chi connectivity index (χ0v) is 13.7. The molecule has 2 aromatic rings. The van der Waals surface area contributed by atoms with Gasteiger partial charge in [-0.15, -0.1) is 11.6 Å². The van der Waals surface area contributed by atoms with Crippen LogP contribution in [0.2, 0.25) is 10.0 Å². The van der Waals surface area contributed by atoms with Gasteiger partial charge < -0.3 is 9.15 Å². The van der Waals surface area contributed by atoms with Crippen molar-refractivity contribution in [3.63, 3.8) is 0 Å². The van der Waals surface area contributed by atoms with Gasteiger partial charge in [0.2, 0.25) is 0 Å². The normalized spacial score (nSPS) is 12.5. The fourth-order valence-electron chi connectivity index (χ4n) is 2.07. The van der Waals surface area contributed by atoms with Crippen LogP contribution in [0.15, 0.2) is 22.6 Å². The lowest BCUT2D eigenvalue weighted by atomic mass is 10.0. The van der Waals surface area contributed by atoms with Gasteiger partial charge in [0.1, 0.15) is 17.3 Å². The van der Waals surface area contributed by atoms with Crippen LogP contribution in [-0.2, 0) is 0 Å². The predicted molar refractivity (Wildman–Crippen MR) is 83.5 cm³/mol. The molecule has 108 valence electrons. The lowest BCUT2D eigenvalue weighted by molar-refractivity contribution is 0.340. The number of halogens is 3. The first kappa shape index (κ1) is 15.6. The Morgan fingerprint density at radius 2 is 1.80 bits per heavy atom. The van der Waals surface area contributed by atoms with Crippen LogP contribution in [0.25, 0.3) is 0 Å². The molecule has 0 radical (unpaired) electrons. The lowest BCUT2D eigenvalue weighted by Crippen LogP contribution is -1.98. The van der Waals surface area contributed by atoms with Gasteiger partial charge in [-0.2, -0.15) is 0 Å². The minimum Gasteiger partial charge on any atom is -0.492 e. The zero-order valence-electron chi connectivity index (χ0n) is 11.5. The number of benzene rings is 1. The lowest BCUT2D eigenvalue weighted by Gasteiger charge is -2.14. The van der Waals surface area contributed by atoms with Crippen LogP contribution in [0.3, 0.4) is 0 Å². The Labute approximate surface area is 133 Å². The fourth-order valence-corrected chi connectivity index (χ4v) is 3.02. The zero-order chi connectivity index (χ0) is 14.9. The van der Waals surface area contributed by atoms with E-state index in [-0.39, 0.29) is 0 Å². The molecule has 1 aromatic heterocycles. The third kappa shape index (κ3) is 3.08. The second-order valence-corrected chi connectivity index (χ2v) is 5.72. The minimum absolute atomic E-state index is 0.409. The Kier molecular flexibility index (Phi) is 4.90. The van der Waals surface area contributed by atoms with Crippen molar-refractivity contribution in [1.82, 2.24) is 0 Å². The molecule has 0 aliphatic carbocycles. The van der Waals surface area contributed by atoms with Crippen molar-refractivity contribution >= 4 is 34.8 Å². The molecule has 0 bridgehead atoms. The van der Waals surface area contributed by atoms with Gasteiger partial charge in [-0.25, -0.2) is 0 Å². The van der Waals surface area contributed by atoms with Gasteiger partial charge >= 0.3 is 0 Å². The molecule has 0 aliphatic heterocycles. The molecule has 1 unspecified atom stereocenters. The van der Waals surface area contributed by atoms with Crippen molar-refractivity contribution < 1.29 is 9.15 Å². The Bertz CT molecular complexity index is 620. The van der Waals surface area contributed by atoms with Gasteiger partial charge in [-0.05, 0) is 38.5 Å². The van der Waals surface area contributed by atoms with Crippen molar-refractivity contribution in [2.24, 2.45) is 0 Å². The van der Waals surface area contributed by atoms with E-state index in [0.717, 1.165) is 22.6 Å². The minimum atomic E-state index is -0.409. The number of alkyl halides is 1. The maximum Gasteiger partial charge on any atom is 0.139 e. The highest BCUT2D eigenvalue weighted by Gasteiger charge is 2.21. The summed E-state index contributed by atoms with van der Waals surface area (Å²) in [5, 5.41) is 0.610. The van der Waals surface area contributed by atoms with Gasteiger partial charge in [0.15, 0.2) is 0 Å². The number of aryl methyl sites for hydroxylation is 2. The molecule has 5 heteroatoms. The van der Waals surface area contributed by atoms with Crippen molar-refractivity contribution in [2.45, 2.75) is 26.1 Å². The van der Waals surface area contributed by atoms with Crippen molar-refractivity contribution in [3.05, 3.63) is 50.9 Å². The molecule has 1 heterocycles. The summed E-state index contributed by atoms with van der Waals surface area (Å²) in [5.41, 5.74) is 1.64. The maximum absolute atomic E-state index is 6.51. The van der Waals surface area contributed by atoms with Crippen LogP contribution < -0.4 is 4.74 Å². The van der Waals surface area contributed by atoms with Gasteiger partial charge in [-0.1, -0.05) is 23.2 Å². The van der Waals surface area contributed by atoms with Gasteiger partial charge in [-0.3, -0.25) is 0 Å². The predicted octanol–water partition coefficient (Wildman–Crippen LogP) is 5.93. The molecule has 1 aromatic carbocycles. The van der Waals surface area contributed by atoms with E-state index in [9.17, 15) is 0 Å². The molecule has 0 saturated heterocycles. The summed E-state index contributed by atoms with van der Waals surface area (Å²) in [6.07, 6.45) is 0. The Morgan fingerprint density at radius 3 is 2.35 bits per heavy atom. The Hall–Kier alpha value is -0.830. The van der Waals surface area contributed by atoms with Crippen LogP contribution in [0.1, 0.15) is 34.9 Å². The highest BCUT2D eigenvalue weighted by molar-refractivity contribution is 6.36. The molecular weight excluding hydrogens is 319 g/mol. The molecule has 1 atom stereocenters. The highest BCUT2D eigenvalue weighted by atomic mass is 35.5. The molecule has 0 aliphatic rings. The molecule has 0 fully saturated rings. The molecular formula is C15H15Cl3O2. The van der Waals surface area contributed by atoms with Crippen molar-refractivity contribution in [3.8, 4) is 5.75 Å². The summed E-state index contributed by atoms with van der Waals surface area (Å²) in [6, 6.07) is 5.35. The summed E-state index contributed by atoms with van der Waals surface area (Å²) >= 11 is 19.0. The van der Waals surface area contributed by atoms with E-state index < -0.39 is 5.38 Å². The summed E-state index contributed by atoms with van der Waals surface area (Å²) in [6.45, 7) is 6.18. The van der Waals surface area contributed by atoms with Crippen LogP contribution >= 0.6 is 34.8 Å². The average molecular weight is 334 g/mol. The number of hydrogen-bond acceptors (Lipinski definition) is 2. The number of rotatable bonds is 4. The third-order valence-corrected chi connectivity index (χ3v) is 4.07. The first-order valence-corrected chi connectivity index (χ1v) is 7.46. The molecule has 2 rings (SSSR count). The highest BCUT2D eigenvalue weighted by Crippen LogP contribution is 2.40. The first-order chi connectivity index (χ1) is 9.43. The molecule has 20 heavy (non-hydrogen) atoms. The Morgan fingerprint density at radius 1 is 1.10 bits per heavy atom. The van der Waals surface area contributed by atoms with Gasteiger partial charge in [0.25, 0.3) is 0 Å². The summed E-state index contributed by atoms with van der Waals surface area (Å²) in [7, 11) is 0. The largest absolute Gasteiger partial charge is 0.492 e. The second kappa shape index (κ2) is 6.30. The monoisotopic (exact) mass is 332 g/mol. The van der Waals surface area contributed by atoms with E-state index in [1.54, 1.807) is 12.1 Å². The van der Waals surface area contributed by atoms with Gasteiger partial charge in [0.05, 0.1) is 17.0 Å². The van der Waals surface area contributed by atoms with Crippen molar-refractivity contribution in [1.29, 1.82) is 0 Å². The van der Waals surface area contributed by atoms with E-state index in [0.29, 0.717) is 22.4 Å². The van der Waals surface area contributed by atoms with E-state index in [2.05, 4.69) is 0 Å². The van der Waals surface area contributed by atoms with E-state index >= 15 is 0 Å². The van der Waals surface area contributed by atoms with Crippen LogP contribution in [0.5, 0.6) is 5.75 Å². The molecule has 0 amide bonds. The standard InChI is InChI=1S/C15H15Cl3O2/c1-4-19-14-7-12(16)11(6-13(14)17)15(18)10-5-8(2)20-9(10)3/h5-7,15H,4H2,1-3H3. The second-order valence-electron chi connectivity index (χ2n) is 4.47. The Balaban J connectivity index is 2.42. The van der Waals surface area contributed by atoms with E-state index in [1.165, 1.54) is 0 Å². The molecule has 2 nitrogen and oxygen atoms in total. The SMILES string of the molecule is CCOc1cc(Cl)c(C(Cl)c2cc(C)oc2C)cc1Cl. The van der Waals surface area contributed by atoms with Crippen molar-refractivity contribution in [2.75, 3.05) is 6.61 Å². The summed E-state index contributed by atoms with van der Waals surface area (Å²) in [4.78, 5) is 0. The quantitative estimate of drug-likeness (QED) is 0.647. The number of hydrogen-bond donors (Lipinski definition) is 0. The number of ether oxygens (including phenoxy) is 1. The van der Waals surface area contributed by atoms with Gasteiger partial charge in [0, 0.05) is 16.7 Å². The van der Waals surface area contributed by atoms with E-state index in [1.807, 2.05) is 26.8 Å².